The average Bonchev–Trinajstić information content (AvgIpc) is 2.07. The monoisotopic (exact) mass is 197 g/mol. The van der Waals surface area contributed by atoms with Crippen molar-refractivity contribution in [1.82, 2.24) is 0 Å². The summed E-state index contributed by atoms with van der Waals surface area (Å²) in [7, 11) is 0. The molecule has 0 saturated carbocycles. The third-order valence-electron chi connectivity index (χ3n) is 1.47. The topological polar surface area (TPSA) is 73.6 Å². The molecule has 0 fully saturated rings. The molecule has 0 aromatic heterocycles. The molecule has 0 aliphatic rings. The Kier molecular flexibility index (Phi) is 3.28. The van der Waals surface area contributed by atoms with Gasteiger partial charge in [0, 0.05) is 0 Å². The lowest BCUT2D eigenvalue weighted by Crippen LogP contribution is -2.26. The van der Waals surface area contributed by atoms with Gasteiger partial charge in [0.25, 0.3) is 0 Å². The van der Waals surface area contributed by atoms with Crippen molar-refractivity contribution in [3.05, 3.63) is 30.1 Å². The highest BCUT2D eigenvalue weighted by Crippen LogP contribution is 2.16. The smallest absolute Gasteiger partial charge is 0.190 e. The minimum absolute atomic E-state index is 0.0890. The van der Waals surface area contributed by atoms with Crippen LogP contribution in [0.3, 0.4) is 0 Å². The van der Waals surface area contributed by atoms with Crippen molar-refractivity contribution < 1.29 is 9.13 Å². The van der Waals surface area contributed by atoms with Crippen molar-refractivity contribution in [2.45, 2.75) is 13.2 Å². The highest BCUT2D eigenvalue weighted by Gasteiger charge is 2.05. The minimum Gasteiger partial charge on any atom is -0.466 e. The average molecular weight is 197 g/mol. The lowest BCUT2D eigenvalue weighted by atomic mass is 10.3. The second-order valence-electron chi connectivity index (χ2n) is 2.70. The summed E-state index contributed by atoms with van der Waals surface area (Å²) in [5, 5.41) is 0. The zero-order chi connectivity index (χ0) is 10.6. The van der Waals surface area contributed by atoms with Crippen LogP contribution in [-0.4, -0.2) is 12.2 Å². The molecule has 0 aliphatic heterocycles. The molecule has 5 heteroatoms. The largest absolute Gasteiger partial charge is 0.466 e. The Labute approximate surface area is 81.4 Å². The highest BCUT2D eigenvalue weighted by atomic mass is 19.1. The number of hydrogen-bond donors (Lipinski definition) is 2. The number of benzene rings is 1. The first-order chi connectivity index (χ1) is 6.59. The van der Waals surface area contributed by atoms with Crippen molar-refractivity contribution >= 4 is 5.96 Å². The number of hydrogen-bond acceptors (Lipinski definition) is 2. The highest BCUT2D eigenvalue weighted by molar-refractivity contribution is 5.75. The van der Waals surface area contributed by atoms with Gasteiger partial charge < -0.3 is 16.2 Å². The van der Waals surface area contributed by atoms with E-state index in [0.717, 1.165) is 0 Å². The van der Waals surface area contributed by atoms with Gasteiger partial charge in [0.1, 0.15) is 0 Å². The van der Waals surface area contributed by atoms with Crippen LogP contribution in [0.2, 0.25) is 0 Å². The van der Waals surface area contributed by atoms with Crippen LogP contribution in [0.4, 0.5) is 4.39 Å². The van der Waals surface area contributed by atoms with E-state index in [9.17, 15) is 4.39 Å². The van der Waals surface area contributed by atoms with Gasteiger partial charge >= 0.3 is 0 Å². The molecular weight excluding hydrogens is 185 g/mol. The molecule has 1 rings (SSSR count). The van der Waals surface area contributed by atoms with Gasteiger partial charge in [-0.15, -0.1) is 0 Å². The summed E-state index contributed by atoms with van der Waals surface area (Å²) in [4.78, 5) is 3.70. The maximum atomic E-state index is 13.1. The van der Waals surface area contributed by atoms with Crippen LogP contribution in [0.25, 0.3) is 0 Å². The van der Waals surface area contributed by atoms with Crippen LogP contribution in [0.5, 0.6) is 5.75 Å². The van der Waals surface area contributed by atoms with Gasteiger partial charge in [0.15, 0.2) is 23.8 Å². The van der Waals surface area contributed by atoms with Gasteiger partial charge in [-0.2, -0.15) is 0 Å². The van der Waals surface area contributed by atoms with E-state index in [2.05, 4.69) is 4.99 Å². The van der Waals surface area contributed by atoms with Crippen LogP contribution < -0.4 is 16.2 Å². The molecule has 0 bridgehead atoms. The zero-order valence-corrected chi connectivity index (χ0v) is 7.77. The van der Waals surface area contributed by atoms with E-state index in [0.29, 0.717) is 0 Å². The Morgan fingerprint density at radius 2 is 2.07 bits per heavy atom. The number of halogens is 1. The van der Waals surface area contributed by atoms with E-state index in [1.807, 2.05) is 0 Å². The van der Waals surface area contributed by atoms with E-state index in [1.54, 1.807) is 19.1 Å². The molecule has 0 amide bonds. The third kappa shape index (κ3) is 2.93. The Balaban J connectivity index is 2.70. The maximum Gasteiger partial charge on any atom is 0.190 e. The second kappa shape index (κ2) is 4.45. The molecule has 0 radical (unpaired) electrons. The van der Waals surface area contributed by atoms with Crippen molar-refractivity contribution in [3.8, 4) is 5.75 Å². The van der Waals surface area contributed by atoms with Gasteiger partial charge in [-0.25, -0.2) is 9.38 Å². The lowest BCUT2D eigenvalue weighted by Gasteiger charge is -2.10. The van der Waals surface area contributed by atoms with E-state index < -0.39 is 12.0 Å². The van der Waals surface area contributed by atoms with Crippen LogP contribution in [0.15, 0.2) is 29.3 Å². The molecule has 1 unspecified atom stereocenters. The van der Waals surface area contributed by atoms with Gasteiger partial charge in [-0.3, -0.25) is 0 Å². The number of rotatable bonds is 3. The van der Waals surface area contributed by atoms with E-state index >= 15 is 0 Å². The summed E-state index contributed by atoms with van der Waals surface area (Å²) in [5.41, 5.74) is 10.3. The van der Waals surface area contributed by atoms with Gasteiger partial charge in [-0.1, -0.05) is 12.1 Å². The van der Waals surface area contributed by atoms with Crippen LogP contribution in [0.1, 0.15) is 6.92 Å². The third-order valence-corrected chi connectivity index (χ3v) is 1.47. The fourth-order valence-corrected chi connectivity index (χ4v) is 0.960. The molecule has 1 aromatic rings. The molecule has 0 saturated heterocycles. The van der Waals surface area contributed by atoms with Crippen LogP contribution >= 0.6 is 0 Å². The molecule has 76 valence electrons. The molecule has 1 aromatic carbocycles. The van der Waals surface area contributed by atoms with Crippen molar-refractivity contribution in [3.63, 3.8) is 0 Å². The number of ether oxygens (including phenoxy) is 1. The summed E-state index contributed by atoms with van der Waals surface area (Å²) in [6.07, 6.45) is -0.600. The normalized spacial score (nSPS) is 11.9. The van der Waals surface area contributed by atoms with Gasteiger partial charge in [-0.05, 0) is 19.1 Å². The quantitative estimate of drug-likeness (QED) is 0.556. The Hall–Kier alpha value is -1.78. The first-order valence-electron chi connectivity index (χ1n) is 4.09. The first kappa shape index (κ1) is 10.3. The van der Waals surface area contributed by atoms with Crippen molar-refractivity contribution in [1.29, 1.82) is 0 Å². The van der Waals surface area contributed by atoms with Crippen molar-refractivity contribution in [2.24, 2.45) is 16.5 Å². The summed E-state index contributed by atoms with van der Waals surface area (Å²) in [6, 6.07) is 6.06. The number of nitrogens with zero attached hydrogens (tertiary/aromatic N) is 1. The van der Waals surface area contributed by atoms with Gasteiger partial charge in [0.2, 0.25) is 0 Å². The summed E-state index contributed by atoms with van der Waals surface area (Å²) >= 11 is 0. The minimum atomic E-state index is -0.600. The first-order valence-corrected chi connectivity index (χ1v) is 4.09. The maximum absolute atomic E-state index is 13.1. The number of aliphatic imine (C=N–C) groups is 1. The van der Waals surface area contributed by atoms with E-state index in [-0.39, 0.29) is 11.7 Å². The standard InChI is InChI=1S/C9H12FN3O/c1-6(13-9(11)12)14-8-5-3-2-4-7(8)10/h2-6H,1H3,(H4,11,12,13). The molecule has 0 heterocycles. The Bertz CT molecular complexity index is 337. The Morgan fingerprint density at radius 1 is 1.43 bits per heavy atom. The number of nitrogens with two attached hydrogens (primary N) is 2. The predicted octanol–water partition coefficient (Wildman–Crippen LogP) is 0.824. The van der Waals surface area contributed by atoms with E-state index in [1.165, 1.54) is 12.1 Å². The van der Waals surface area contributed by atoms with Crippen LogP contribution in [0, 0.1) is 5.82 Å². The fraction of sp³-hybridized carbons (Fsp3) is 0.222. The molecule has 0 spiro atoms. The van der Waals surface area contributed by atoms with E-state index in [4.69, 9.17) is 16.2 Å². The molecule has 1 atom stereocenters. The second-order valence-corrected chi connectivity index (χ2v) is 2.70. The zero-order valence-electron chi connectivity index (χ0n) is 7.77. The molecule has 14 heavy (non-hydrogen) atoms. The fourth-order valence-electron chi connectivity index (χ4n) is 0.960. The molecular formula is C9H12FN3O. The summed E-state index contributed by atoms with van der Waals surface area (Å²) in [5.74, 6) is -0.399. The molecule has 0 aliphatic carbocycles. The SMILES string of the molecule is CC(N=C(N)N)Oc1ccccc1F. The Morgan fingerprint density at radius 3 is 2.64 bits per heavy atom. The molecule has 4 nitrogen and oxygen atoms in total. The summed E-state index contributed by atoms with van der Waals surface area (Å²) in [6.45, 7) is 1.62. The van der Waals surface area contributed by atoms with Crippen molar-refractivity contribution in [2.75, 3.05) is 0 Å². The number of para-hydroxylation sites is 1. The molecule has 4 N–H and O–H groups in total. The number of guanidine groups is 1. The summed E-state index contributed by atoms with van der Waals surface area (Å²) < 4.78 is 18.2. The predicted molar refractivity (Wildman–Crippen MR) is 52.3 cm³/mol. The van der Waals surface area contributed by atoms with Gasteiger partial charge in [0.05, 0.1) is 0 Å². The van der Waals surface area contributed by atoms with Crippen LogP contribution in [-0.2, 0) is 0 Å². The lowest BCUT2D eigenvalue weighted by molar-refractivity contribution is 0.221.